The predicted octanol–water partition coefficient (Wildman–Crippen LogP) is -1.82. The van der Waals surface area contributed by atoms with Gasteiger partial charge in [-0.2, -0.15) is 5.10 Å². The SMILES string of the molecule is CCN1N=C(C)S\C1=C/C=C(/C=C/c1sc(C)n[n+]1CC)c1sc(C)n[n+]1CC.[I-].[I-]. The number of rotatable bonds is 7. The molecule has 0 spiro atoms. The molecule has 2 aromatic rings. The van der Waals surface area contributed by atoms with E-state index in [1.54, 1.807) is 34.4 Å². The molecular formula is C20H28I2N6S3. The summed E-state index contributed by atoms with van der Waals surface area (Å²) in [4.78, 5) is 0. The number of aromatic nitrogens is 4. The van der Waals surface area contributed by atoms with E-state index < -0.39 is 0 Å². The second kappa shape index (κ2) is 13.4. The minimum Gasteiger partial charge on any atom is -1.00 e. The molecule has 0 unspecified atom stereocenters. The van der Waals surface area contributed by atoms with E-state index in [-0.39, 0.29) is 48.0 Å². The number of hydrazone groups is 1. The summed E-state index contributed by atoms with van der Waals surface area (Å²) in [5, 5.41) is 22.5. The quantitative estimate of drug-likeness (QED) is 0.194. The fourth-order valence-corrected chi connectivity index (χ4v) is 5.61. The maximum absolute atomic E-state index is 4.65. The maximum Gasteiger partial charge on any atom is 0.296 e. The number of allylic oxidation sites excluding steroid dienone is 4. The van der Waals surface area contributed by atoms with Crippen LogP contribution in [0.2, 0.25) is 0 Å². The van der Waals surface area contributed by atoms with Gasteiger partial charge in [0.1, 0.15) is 0 Å². The Morgan fingerprint density at radius 3 is 2.26 bits per heavy atom. The Hall–Kier alpha value is -0.380. The Morgan fingerprint density at radius 2 is 1.61 bits per heavy atom. The van der Waals surface area contributed by atoms with E-state index in [1.165, 1.54) is 0 Å². The van der Waals surface area contributed by atoms with Crippen LogP contribution in [0.4, 0.5) is 0 Å². The minimum absolute atomic E-state index is 0. The molecule has 0 atom stereocenters. The lowest BCUT2D eigenvalue weighted by Crippen LogP contribution is -3.00. The average molecular weight is 702 g/mol. The van der Waals surface area contributed by atoms with Gasteiger partial charge in [0.2, 0.25) is 0 Å². The number of aryl methyl sites for hydroxylation is 4. The topological polar surface area (TPSA) is 49.1 Å². The number of hydrogen-bond donors (Lipinski definition) is 0. The first kappa shape index (κ1) is 28.7. The lowest BCUT2D eigenvalue weighted by Gasteiger charge is -2.11. The van der Waals surface area contributed by atoms with Crippen molar-refractivity contribution in [1.29, 1.82) is 0 Å². The Kier molecular flexibility index (Phi) is 12.3. The van der Waals surface area contributed by atoms with E-state index in [0.29, 0.717) is 0 Å². The average Bonchev–Trinajstić information content (AvgIpc) is 3.37. The van der Waals surface area contributed by atoms with E-state index in [2.05, 4.69) is 72.0 Å². The van der Waals surface area contributed by atoms with Crippen LogP contribution < -0.4 is 57.3 Å². The van der Waals surface area contributed by atoms with Crippen molar-refractivity contribution in [3.05, 3.63) is 43.3 Å². The van der Waals surface area contributed by atoms with Crippen LogP contribution in [0.25, 0.3) is 11.6 Å². The van der Waals surface area contributed by atoms with E-state index in [9.17, 15) is 0 Å². The van der Waals surface area contributed by atoms with Crippen molar-refractivity contribution in [3.63, 3.8) is 0 Å². The molecule has 6 nitrogen and oxygen atoms in total. The van der Waals surface area contributed by atoms with Crippen molar-refractivity contribution in [1.82, 2.24) is 15.2 Å². The third kappa shape index (κ3) is 7.30. The Balaban J connectivity index is 0.00000240. The summed E-state index contributed by atoms with van der Waals surface area (Å²) in [6, 6.07) is 0. The van der Waals surface area contributed by atoms with Crippen molar-refractivity contribution in [2.24, 2.45) is 5.10 Å². The first-order valence-corrected chi connectivity index (χ1v) is 12.3. The molecule has 1 aliphatic rings. The minimum atomic E-state index is 0. The van der Waals surface area contributed by atoms with E-state index in [0.717, 1.165) is 55.3 Å². The van der Waals surface area contributed by atoms with Gasteiger partial charge in [-0.05, 0) is 82.4 Å². The number of halogens is 2. The second-order valence-corrected chi connectivity index (χ2v) is 10.0. The molecule has 0 radical (unpaired) electrons. The zero-order valence-corrected chi connectivity index (χ0v) is 25.4. The number of nitrogens with zero attached hydrogens (tertiary/aromatic N) is 6. The van der Waals surface area contributed by atoms with E-state index >= 15 is 0 Å². The molecule has 0 saturated heterocycles. The molecule has 1 aliphatic heterocycles. The third-order valence-corrected chi connectivity index (χ3v) is 7.12. The third-order valence-electron chi connectivity index (χ3n) is 4.23. The molecule has 0 aromatic carbocycles. The van der Waals surface area contributed by atoms with Gasteiger partial charge in [-0.25, -0.2) is 0 Å². The highest BCUT2D eigenvalue weighted by molar-refractivity contribution is 8.17. The van der Waals surface area contributed by atoms with Crippen LogP contribution in [-0.4, -0.2) is 26.8 Å². The highest BCUT2D eigenvalue weighted by Crippen LogP contribution is 2.30. The van der Waals surface area contributed by atoms with Crippen LogP contribution in [0.1, 0.15) is 47.7 Å². The zero-order valence-electron chi connectivity index (χ0n) is 18.6. The van der Waals surface area contributed by atoms with Crippen LogP contribution in [0.3, 0.4) is 0 Å². The summed E-state index contributed by atoms with van der Waals surface area (Å²) in [6.45, 7) is 15.1. The Labute approximate surface area is 231 Å². The molecule has 0 amide bonds. The van der Waals surface area contributed by atoms with E-state index in [4.69, 9.17) is 0 Å². The smallest absolute Gasteiger partial charge is 0.296 e. The Bertz CT molecular complexity index is 1010. The first-order chi connectivity index (χ1) is 13.9. The van der Waals surface area contributed by atoms with Crippen molar-refractivity contribution < 1.29 is 57.3 Å². The van der Waals surface area contributed by atoms with Crippen LogP contribution in [0, 0.1) is 13.8 Å². The van der Waals surface area contributed by atoms with Gasteiger partial charge in [-0.3, -0.25) is 5.01 Å². The van der Waals surface area contributed by atoms with Gasteiger partial charge < -0.3 is 48.0 Å². The first-order valence-electron chi connectivity index (χ1n) is 9.81. The lowest BCUT2D eigenvalue weighted by atomic mass is 10.2. The molecule has 3 rings (SSSR count). The lowest BCUT2D eigenvalue weighted by molar-refractivity contribution is -0.747. The molecule has 0 saturated carbocycles. The zero-order chi connectivity index (χ0) is 21.0. The maximum atomic E-state index is 4.65. The molecule has 2 aromatic heterocycles. The summed E-state index contributed by atoms with van der Waals surface area (Å²) in [7, 11) is 0. The summed E-state index contributed by atoms with van der Waals surface area (Å²) < 4.78 is 4.11. The standard InChI is InChI=1S/C20H28N6S3.2HI/c1-7-24-18(27-14(4)21-24)12-10-17(20-26(9-3)23-16(6)29-20)11-13-19-25(8-2)22-15(5)28-19;;/h10-13H,7-9H2,1-6H3;2*1H/q+2;;/p-2. The fraction of sp³-hybridized carbons (Fsp3) is 0.450. The molecule has 11 heteroatoms. The van der Waals surface area contributed by atoms with E-state index in [1.807, 2.05) is 23.5 Å². The Morgan fingerprint density at radius 1 is 0.968 bits per heavy atom. The van der Waals surface area contributed by atoms with Crippen LogP contribution >= 0.6 is 34.4 Å². The second-order valence-electron chi connectivity index (χ2n) is 6.41. The normalized spacial score (nSPS) is 15.4. The fourth-order valence-electron chi connectivity index (χ4n) is 2.95. The molecular weight excluding hydrogens is 674 g/mol. The highest BCUT2D eigenvalue weighted by Gasteiger charge is 2.21. The molecule has 0 bridgehead atoms. The molecule has 31 heavy (non-hydrogen) atoms. The molecule has 0 N–H and O–H groups in total. The van der Waals surface area contributed by atoms with Crippen molar-refractivity contribution in [2.75, 3.05) is 6.54 Å². The molecule has 3 heterocycles. The summed E-state index contributed by atoms with van der Waals surface area (Å²) in [5.41, 5.74) is 1.14. The van der Waals surface area contributed by atoms with Gasteiger partial charge in [-0.1, -0.05) is 21.1 Å². The molecule has 0 fully saturated rings. The van der Waals surface area contributed by atoms with Crippen molar-refractivity contribution >= 4 is 51.1 Å². The van der Waals surface area contributed by atoms with Crippen molar-refractivity contribution in [3.8, 4) is 0 Å². The van der Waals surface area contributed by atoms with Gasteiger partial charge in [0.15, 0.2) is 23.1 Å². The van der Waals surface area contributed by atoms with Crippen LogP contribution in [0.5, 0.6) is 0 Å². The van der Waals surface area contributed by atoms with Gasteiger partial charge in [0.05, 0.1) is 15.6 Å². The van der Waals surface area contributed by atoms with Crippen LogP contribution in [0.15, 0.2) is 28.4 Å². The molecule has 0 aliphatic carbocycles. The predicted molar refractivity (Wildman–Crippen MR) is 124 cm³/mol. The highest BCUT2D eigenvalue weighted by atomic mass is 127. The molecule has 170 valence electrons. The number of thioether (sulfide) groups is 1. The number of hydrogen-bond acceptors (Lipinski definition) is 7. The van der Waals surface area contributed by atoms with Crippen molar-refractivity contribution in [2.45, 2.75) is 54.6 Å². The van der Waals surface area contributed by atoms with Gasteiger partial charge >= 0.3 is 0 Å². The summed E-state index contributed by atoms with van der Waals surface area (Å²) >= 11 is 5.15. The van der Waals surface area contributed by atoms with Gasteiger partial charge in [0, 0.05) is 22.8 Å². The summed E-state index contributed by atoms with van der Waals surface area (Å²) in [5.74, 6) is 0. The van der Waals surface area contributed by atoms with Crippen LogP contribution in [-0.2, 0) is 13.1 Å². The monoisotopic (exact) mass is 702 g/mol. The largest absolute Gasteiger partial charge is 1.00 e. The summed E-state index contributed by atoms with van der Waals surface area (Å²) in [6.07, 6.45) is 8.68. The van der Waals surface area contributed by atoms with Gasteiger partial charge in [0.25, 0.3) is 10.0 Å². The van der Waals surface area contributed by atoms with Gasteiger partial charge in [-0.15, -0.1) is 0 Å².